The molecule has 4 nitrogen and oxygen atoms in total. The van der Waals surface area contributed by atoms with Crippen molar-refractivity contribution in [2.75, 3.05) is 7.11 Å². The molecule has 25 heavy (non-hydrogen) atoms. The number of ether oxygens (including phenoxy) is 1. The second-order valence-corrected chi connectivity index (χ2v) is 6.96. The maximum atomic E-state index is 9.79. The van der Waals surface area contributed by atoms with Crippen LogP contribution in [0.25, 0.3) is 10.9 Å². The highest BCUT2D eigenvalue weighted by Gasteiger charge is 2.29. The van der Waals surface area contributed by atoms with Crippen molar-refractivity contribution in [3.05, 3.63) is 59.8 Å². The van der Waals surface area contributed by atoms with Crippen LogP contribution >= 0.6 is 0 Å². The molecular weight excluding hydrogens is 312 g/mol. The Hall–Kier alpha value is -2.46. The maximum Gasteiger partial charge on any atom is 0.160 e. The molecule has 3 aromatic rings. The first kappa shape index (κ1) is 16.0. The highest BCUT2D eigenvalue weighted by atomic mass is 16.5. The number of hydrogen-bond donors (Lipinski definition) is 1. The number of phenolic OH excluding ortho intramolecular Hbond substituents is 1. The van der Waals surface area contributed by atoms with E-state index in [-0.39, 0.29) is 5.75 Å². The van der Waals surface area contributed by atoms with Crippen LogP contribution in [0.3, 0.4) is 0 Å². The van der Waals surface area contributed by atoms with E-state index in [4.69, 9.17) is 4.74 Å². The summed E-state index contributed by atoms with van der Waals surface area (Å²) in [6, 6.07) is 15.2. The van der Waals surface area contributed by atoms with Crippen LogP contribution < -0.4 is 4.74 Å². The highest BCUT2D eigenvalue weighted by molar-refractivity contribution is 5.80. The molecule has 4 heteroatoms. The second kappa shape index (κ2) is 6.45. The lowest BCUT2D eigenvalue weighted by Crippen LogP contribution is -2.25. The number of fused-ring (bicyclic) bond motifs is 1. The monoisotopic (exact) mass is 336 g/mol. The number of aromatic hydroxyl groups is 1. The van der Waals surface area contributed by atoms with E-state index in [0.29, 0.717) is 11.8 Å². The molecule has 0 aliphatic heterocycles. The van der Waals surface area contributed by atoms with Crippen LogP contribution in [-0.2, 0) is 20.1 Å². The molecule has 0 bridgehead atoms. The fourth-order valence-corrected chi connectivity index (χ4v) is 3.47. The third kappa shape index (κ3) is 3.35. The van der Waals surface area contributed by atoms with Gasteiger partial charge in [0.05, 0.1) is 7.11 Å². The molecule has 1 aliphatic carbocycles. The van der Waals surface area contributed by atoms with E-state index < -0.39 is 0 Å². The molecule has 2 aromatic carbocycles. The first-order chi connectivity index (χ1) is 12.1. The SMILES string of the molecule is COc1cc(CN(Cc2ccc3c(ccn3C)c2)C2CC2)ccc1O. The number of phenols is 1. The van der Waals surface area contributed by atoms with Crippen molar-refractivity contribution >= 4 is 10.9 Å². The van der Waals surface area contributed by atoms with Crippen LogP contribution in [0.2, 0.25) is 0 Å². The molecule has 0 saturated heterocycles. The predicted molar refractivity (Wildman–Crippen MR) is 99.8 cm³/mol. The van der Waals surface area contributed by atoms with Crippen molar-refractivity contribution in [1.82, 2.24) is 9.47 Å². The Balaban J connectivity index is 1.54. The lowest BCUT2D eigenvalue weighted by Gasteiger charge is -2.22. The van der Waals surface area contributed by atoms with Crippen LogP contribution in [0.1, 0.15) is 24.0 Å². The van der Waals surface area contributed by atoms with Crippen molar-refractivity contribution in [3.63, 3.8) is 0 Å². The molecule has 1 saturated carbocycles. The molecule has 1 heterocycles. The number of hydrogen-bond acceptors (Lipinski definition) is 3. The van der Waals surface area contributed by atoms with Gasteiger partial charge in [-0.25, -0.2) is 0 Å². The Morgan fingerprint density at radius 1 is 1.08 bits per heavy atom. The van der Waals surface area contributed by atoms with Crippen LogP contribution in [0.4, 0.5) is 0 Å². The minimum Gasteiger partial charge on any atom is -0.504 e. The standard InChI is InChI=1S/C21H24N2O2/c1-22-10-9-17-11-15(3-7-19(17)22)13-23(18-5-6-18)14-16-4-8-20(24)21(12-16)25-2/h3-4,7-12,18,24H,5-6,13-14H2,1-2H3. The molecular formula is C21H24N2O2. The summed E-state index contributed by atoms with van der Waals surface area (Å²) < 4.78 is 7.39. The summed E-state index contributed by atoms with van der Waals surface area (Å²) in [7, 11) is 3.67. The minimum atomic E-state index is 0.193. The van der Waals surface area contributed by atoms with Crippen LogP contribution in [0, 0.1) is 0 Å². The van der Waals surface area contributed by atoms with E-state index in [1.54, 1.807) is 13.2 Å². The van der Waals surface area contributed by atoms with Crippen molar-refractivity contribution in [2.24, 2.45) is 7.05 Å². The Bertz CT molecular complexity index is 896. The largest absolute Gasteiger partial charge is 0.504 e. The van der Waals surface area contributed by atoms with Gasteiger partial charge in [0.2, 0.25) is 0 Å². The molecule has 1 N–H and O–H groups in total. The maximum absolute atomic E-state index is 9.79. The smallest absolute Gasteiger partial charge is 0.160 e. The summed E-state index contributed by atoms with van der Waals surface area (Å²) in [4.78, 5) is 2.52. The van der Waals surface area contributed by atoms with E-state index in [2.05, 4.69) is 47.0 Å². The first-order valence-electron chi connectivity index (χ1n) is 8.78. The van der Waals surface area contributed by atoms with Gasteiger partial charge in [-0.15, -0.1) is 0 Å². The third-order valence-corrected chi connectivity index (χ3v) is 5.03. The Morgan fingerprint density at radius 2 is 1.80 bits per heavy atom. The van der Waals surface area contributed by atoms with Gasteiger partial charge < -0.3 is 14.4 Å². The fraction of sp³-hybridized carbons (Fsp3) is 0.333. The van der Waals surface area contributed by atoms with E-state index in [1.807, 2.05) is 12.1 Å². The van der Waals surface area contributed by atoms with Crippen molar-refractivity contribution < 1.29 is 9.84 Å². The van der Waals surface area contributed by atoms with Gasteiger partial charge in [0.15, 0.2) is 11.5 Å². The molecule has 1 aliphatic rings. The van der Waals surface area contributed by atoms with Gasteiger partial charge in [-0.05, 0) is 59.7 Å². The minimum absolute atomic E-state index is 0.193. The number of aryl methyl sites for hydroxylation is 1. The van der Waals surface area contributed by atoms with Crippen molar-refractivity contribution in [3.8, 4) is 11.5 Å². The van der Waals surface area contributed by atoms with Gasteiger partial charge in [0.25, 0.3) is 0 Å². The van der Waals surface area contributed by atoms with Crippen molar-refractivity contribution in [2.45, 2.75) is 32.0 Å². The van der Waals surface area contributed by atoms with Crippen molar-refractivity contribution in [1.29, 1.82) is 0 Å². The van der Waals surface area contributed by atoms with Gasteiger partial charge in [0.1, 0.15) is 0 Å². The van der Waals surface area contributed by atoms with Crippen LogP contribution in [-0.4, -0.2) is 27.7 Å². The molecule has 0 spiro atoms. The summed E-state index contributed by atoms with van der Waals surface area (Å²) in [5.74, 6) is 0.734. The molecule has 4 rings (SSSR count). The lowest BCUT2D eigenvalue weighted by atomic mass is 10.1. The molecule has 0 unspecified atom stereocenters. The quantitative estimate of drug-likeness (QED) is 0.738. The Labute approximate surface area is 148 Å². The van der Waals surface area contributed by atoms with Crippen LogP contribution in [0.15, 0.2) is 48.7 Å². The van der Waals surface area contributed by atoms with Gasteiger partial charge in [-0.2, -0.15) is 0 Å². The highest BCUT2D eigenvalue weighted by Crippen LogP contribution is 2.32. The summed E-state index contributed by atoms with van der Waals surface area (Å²) in [5.41, 5.74) is 3.78. The average Bonchev–Trinajstić information content (AvgIpc) is 3.40. The zero-order valence-electron chi connectivity index (χ0n) is 14.8. The van der Waals surface area contributed by atoms with E-state index in [1.165, 1.54) is 34.9 Å². The summed E-state index contributed by atoms with van der Waals surface area (Å²) in [6.45, 7) is 1.81. The second-order valence-electron chi connectivity index (χ2n) is 6.96. The number of aromatic nitrogens is 1. The zero-order chi connectivity index (χ0) is 17.4. The molecule has 130 valence electrons. The number of benzene rings is 2. The number of nitrogens with zero attached hydrogens (tertiary/aromatic N) is 2. The van der Waals surface area contributed by atoms with Crippen LogP contribution in [0.5, 0.6) is 11.5 Å². The molecule has 0 radical (unpaired) electrons. The van der Waals surface area contributed by atoms with Gasteiger partial charge in [-0.3, -0.25) is 4.90 Å². The normalized spacial score (nSPS) is 14.4. The zero-order valence-corrected chi connectivity index (χ0v) is 14.8. The predicted octanol–water partition coefficient (Wildman–Crippen LogP) is 4.06. The summed E-state index contributed by atoms with van der Waals surface area (Å²) in [6.07, 6.45) is 4.64. The van der Waals surface area contributed by atoms with Gasteiger partial charge in [0, 0.05) is 37.9 Å². The average molecular weight is 336 g/mol. The fourth-order valence-electron chi connectivity index (χ4n) is 3.47. The first-order valence-corrected chi connectivity index (χ1v) is 8.78. The van der Waals surface area contributed by atoms with E-state index in [0.717, 1.165) is 13.1 Å². The molecule has 1 aromatic heterocycles. The Kier molecular flexibility index (Phi) is 4.14. The molecule has 0 atom stereocenters. The van der Waals surface area contributed by atoms with E-state index in [9.17, 15) is 5.11 Å². The van der Waals surface area contributed by atoms with Gasteiger partial charge in [-0.1, -0.05) is 12.1 Å². The Morgan fingerprint density at radius 3 is 2.52 bits per heavy atom. The van der Waals surface area contributed by atoms with E-state index >= 15 is 0 Å². The number of rotatable bonds is 6. The topological polar surface area (TPSA) is 37.6 Å². The summed E-state index contributed by atoms with van der Waals surface area (Å²) >= 11 is 0. The lowest BCUT2D eigenvalue weighted by molar-refractivity contribution is 0.245. The van der Waals surface area contributed by atoms with Gasteiger partial charge >= 0.3 is 0 Å². The summed E-state index contributed by atoms with van der Waals surface area (Å²) in [5, 5.41) is 11.1. The number of methoxy groups -OCH3 is 1. The third-order valence-electron chi connectivity index (χ3n) is 5.03. The molecule has 0 amide bonds. The molecule has 1 fully saturated rings.